The minimum absolute atomic E-state index is 0.198. The number of anilines is 1. The zero-order valence-electron chi connectivity index (χ0n) is 18.2. The van der Waals surface area contributed by atoms with E-state index in [0.29, 0.717) is 16.1 Å². The van der Waals surface area contributed by atoms with E-state index in [0.717, 1.165) is 5.69 Å². The second-order valence-corrected chi connectivity index (χ2v) is 9.43. The summed E-state index contributed by atoms with van der Waals surface area (Å²) in [5, 5.41) is 16.3. The first-order valence-electron chi connectivity index (χ1n) is 10.3. The second kappa shape index (κ2) is 9.12. The molecular formula is C24H26N4O3S. The highest BCUT2D eigenvalue weighted by Crippen LogP contribution is 2.33. The maximum Gasteiger partial charge on any atom is 0.269 e. The van der Waals surface area contributed by atoms with E-state index in [1.165, 1.54) is 11.3 Å². The lowest BCUT2D eigenvalue weighted by atomic mass is 10.0. The first-order chi connectivity index (χ1) is 15.3. The fraction of sp³-hybridized carbons (Fsp3) is 0.250. The number of carbonyl (C=O) groups is 1. The van der Waals surface area contributed by atoms with Crippen LogP contribution in [0.1, 0.15) is 42.0 Å². The summed E-state index contributed by atoms with van der Waals surface area (Å²) in [6.45, 7) is 5.90. The van der Waals surface area contributed by atoms with Crippen LogP contribution < -0.4 is 10.2 Å². The first-order valence-corrected chi connectivity index (χ1v) is 11.1. The summed E-state index contributed by atoms with van der Waals surface area (Å²) in [6.07, 6.45) is 7.35. The third-order valence-corrected chi connectivity index (χ3v) is 5.78. The van der Waals surface area contributed by atoms with Gasteiger partial charge < -0.3 is 14.1 Å². The summed E-state index contributed by atoms with van der Waals surface area (Å²) < 4.78 is 7.20. The molecule has 1 aromatic carbocycles. The van der Waals surface area contributed by atoms with E-state index < -0.39 is 12.3 Å². The molecule has 1 amide bonds. The van der Waals surface area contributed by atoms with Gasteiger partial charge in [-0.1, -0.05) is 6.07 Å². The molecule has 7 nitrogen and oxygen atoms in total. The van der Waals surface area contributed by atoms with Crippen molar-refractivity contribution in [2.45, 2.75) is 38.6 Å². The predicted molar refractivity (Wildman–Crippen MR) is 125 cm³/mol. The number of carbonyl (C=O) groups excluding carboxylic acids is 1. The van der Waals surface area contributed by atoms with Crippen LogP contribution in [-0.2, 0) is 0 Å². The van der Waals surface area contributed by atoms with Gasteiger partial charge in [-0.05, 0) is 62.5 Å². The van der Waals surface area contributed by atoms with Gasteiger partial charge in [-0.2, -0.15) is 0 Å². The molecule has 0 bridgehead atoms. The van der Waals surface area contributed by atoms with Crippen molar-refractivity contribution < 1.29 is 14.3 Å². The SMILES string of the molecule is CC(C)(C)NC(O)C(c1ccoc1)N(C(=O)c1cccs1)c1ccc(-n2ccnc2)cc1. The van der Waals surface area contributed by atoms with Crippen molar-refractivity contribution in [1.82, 2.24) is 14.9 Å². The minimum Gasteiger partial charge on any atom is -0.472 e. The van der Waals surface area contributed by atoms with E-state index in [1.54, 1.807) is 42.1 Å². The van der Waals surface area contributed by atoms with Crippen LogP contribution in [0.4, 0.5) is 5.69 Å². The van der Waals surface area contributed by atoms with Crippen molar-refractivity contribution in [2.75, 3.05) is 4.90 Å². The molecule has 8 heteroatoms. The number of benzene rings is 1. The number of nitrogens with zero attached hydrogens (tertiary/aromatic N) is 3. The van der Waals surface area contributed by atoms with Crippen molar-refractivity contribution in [3.05, 3.63) is 89.5 Å². The molecule has 0 aliphatic carbocycles. The number of thiophene rings is 1. The quantitative estimate of drug-likeness (QED) is 0.402. The standard InChI is InChI=1S/C24H26N4O3S/c1-24(2,3)26-22(29)21(17-10-13-31-15-17)28(23(30)20-5-4-14-32-20)19-8-6-18(7-9-19)27-12-11-25-16-27/h4-16,21-22,26,29H,1-3H3. The molecule has 4 rings (SSSR count). The number of nitrogens with one attached hydrogen (secondary N) is 1. The highest BCUT2D eigenvalue weighted by Gasteiger charge is 2.35. The highest BCUT2D eigenvalue weighted by molar-refractivity contribution is 7.12. The fourth-order valence-electron chi connectivity index (χ4n) is 3.56. The van der Waals surface area contributed by atoms with Crippen molar-refractivity contribution in [2.24, 2.45) is 0 Å². The van der Waals surface area contributed by atoms with Gasteiger partial charge in [0.2, 0.25) is 0 Å². The normalized spacial score (nSPS) is 13.6. The molecule has 0 aliphatic rings. The number of aromatic nitrogens is 2. The molecule has 0 saturated carbocycles. The molecule has 3 heterocycles. The Bertz CT molecular complexity index is 1120. The Morgan fingerprint density at radius 1 is 1.22 bits per heavy atom. The first kappa shape index (κ1) is 22.0. The number of hydrogen-bond acceptors (Lipinski definition) is 6. The summed E-state index contributed by atoms with van der Waals surface area (Å²) in [5.74, 6) is -0.198. The fourth-order valence-corrected chi connectivity index (χ4v) is 4.22. The monoisotopic (exact) mass is 450 g/mol. The van der Waals surface area contributed by atoms with E-state index in [-0.39, 0.29) is 11.4 Å². The number of furan rings is 1. The van der Waals surface area contributed by atoms with Crippen LogP contribution >= 0.6 is 11.3 Å². The summed E-state index contributed by atoms with van der Waals surface area (Å²) >= 11 is 1.37. The van der Waals surface area contributed by atoms with Crippen LogP contribution in [0, 0.1) is 0 Å². The predicted octanol–water partition coefficient (Wildman–Crippen LogP) is 4.62. The number of imidazole rings is 1. The highest BCUT2D eigenvalue weighted by atomic mass is 32.1. The van der Waals surface area contributed by atoms with E-state index in [1.807, 2.05) is 67.2 Å². The molecule has 166 valence electrons. The Morgan fingerprint density at radius 2 is 2.00 bits per heavy atom. The topological polar surface area (TPSA) is 83.5 Å². The van der Waals surface area contributed by atoms with Crippen molar-refractivity contribution in [3.63, 3.8) is 0 Å². The molecule has 3 aromatic heterocycles. The Labute approximate surface area is 190 Å². The lowest BCUT2D eigenvalue weighted by molar-refractivity contribution is 0.0693. The number of rotatable bonds is 7. The summed E-state index contributed by atoms with van der Waals surface area (Å²) in [4.78, 5) is 20.0. The minimum atomic E-state index is -1.04. The van der Waals surface area contributed by atoms with Crippen LogP contribution in [0.15, 0.2) is 83.5 Å². The van der Waals surface area contributed by atoms with E-state index in [2.05, 4.69) is 10.3 Å². The smallest absolute Gasteiger partial charge is 0.269 e. The Hall–Kier alpha value is -3.20. The van der Waals surface area contributed by atoms with Crippen LogP contribution in [-0.4, -0.2) is 32.3 Å². The van der Waals surface area contributed by atoms with E-state index in [9.17, 15) is 9.90 Å². The Morgan fingerprint density at radius 3 is 2.56 bits per heavy atom. The Balaban J connectivity index is 1.79. The van der Waals surface area contributed by atoms with Crippen molar-refractivity contribution in [3.8, 4) is 5.69 Å². The van der Waals surface area contributed by atoms with Crippen molar-refractivity contribution >= 4 is 22.9 Å². The van der Waals surface area contributed by atoms with Gasteiger partial charge in [0.15, 0.2) is 0 Å². The van der Waals surface area contributed by atoms with E-state index >= 15 is 0 Å². The van der Waals surface area contributed by atoms with Gasteiger partial charge in [0, 0.05) is 34.9 Å². The molecule has 2 N–H and O–H groups in total. The van der Waals surface area contributed by atoms with Crippen LogP contribution in [0.2, 0.25) is 0 Å². The van der Waals surface area contributed by atoms with Gasteiger partial charge in [0.1, 0.15) is 12.3 Å². The molecule has 2 atom stereocenters. The molecule has 0 aliphatic heterocycles. The number of aliphatic hydroxyl groups excluding tert-OH is 1. The Kier molecular flexibility index (Phi) is 6.27. The van der Waals surface area contributed by atoms with Crippen LogP contribution in [0.3, 0.4) is 0 Å². The number of aliphatic hydroxyl groups is 1. The van der Waals surface area contributed by atoms with Crippen LogP contribution in [0.5, 0.6) is 0 Å². The van der Waals surface area contributed by atoms with Gasteiger partial charge >= 0.3 is 0 Å². The average Bonchev–Trinajstić information content (AvgIpc) is 3.53. The van der Waals surface area contributed by atoms with Gasteiger partial charge in [0.25, 0.3) is 5.91 Å². The zero-order chi connectivity index (χ0) is 22.7. The lowest BCUT2D eigenvalue weighted by Gasteiger charge is -2.37. The lowest BCUT2D eigenvalue weighted by Crippen LogP contribution is -2.52. The third kappa shape index (κ3) is 4.83. The maximum absolute atomic E-state index is 13.7. The molecule has 2 unspecified atom stereocenters. The van der Waals surface area contributed by atoms with E-state index in [4.69, 9.17) is 4.42 Å². The molecule has 0 fully saturated rings. The zero-order valence-corrected chi connectivity index (χ0v) is 19.0. The third-order valence-electron chi connectivity index (χ3n) is 4.92. The summed E-state index contributed by atoms with van der Waals surface area (Å²) in [7, 11) is 0. The molecule has 0 radical (unpaired) electrons. The van der Waals surface area contributed by atoms with Crippen molar-refractivity contribution in [1.29, 1.82) is 0 Å². The molecule has 32 heavy (non-hydrogen) atoms. The van der Waals surface area contributed by atoms with Gasteiger partial charge in [0.05, 0.1) is 23.7 Å². The van der Waals surface area contributed by atoms with Gasteiger partial charge in [-0.25, -0.2) is 4.98 Å². The molecular weight excluding hydrogens is 424 g/mol. The summed E-state index contributed by atoms with van der Waals surface area (Å²) in [6, 6.07) is 12.3. The maximum atomic E-state index is 13.7. The number of hydrogen-bond donors (Lipinski definition) is 2. The average molecular weight is 451 g/mol. The summed E-state index contributed by atoms with van der Waals surface area (Å²) in [5.41, 5.74) is 1.90. The largest absolute Gasteiger partial charge is 0.472 e. The van der Waals surface area contributed by atoms with Gasteiger partial charge in [-0.15, -0.1) is 11.3 Å². The molecule has 0 saturated heterocycles. The number of amides is 1. The molecule has 4 aromatic rings. The second-order valence-electron chi connectivity index (χ2n) is 8.48. The molecule has 0 spiro atoms. The van der Waals surface area contributed by atoms with Gasteiger partial charge in [-0.3, -0.25) is 15.0 Å². The van der Waals surface area contributed by atoms with Crippen LogP contribution in [0.25, 0.3) is 5.69 Å².